The second-order valence-corrected chi connectivity index (χ2v) is 8.23. The number of nitrogens with one attached hydrogen (secondary N) is 3. The molecule has 0 unspecified atom stereocenters. The lowest BCUT2D eigenvalue weighted by Gasteiger charge is -2.06. The lowest BCUT2D eigenvalue weighted by atomic mass is 10.1. The zero-order chi connectivity index (χ0) is 21.8. The maximum absolute atomic E-state index is 12.8. The Bertz CT molecular complexity index is 1160. The van der Waals surface area contributed by atoms with Crippen LogP contribution in [0.15, 0.2) is 35.1 Å². The molecule has 3 aromatic rings. The molecule has 0 atom stereocenters. The molecule has 3 rings (SSSR count). The van der Waals surface area contributed by atoms with Gasteiger partial charge in [-0.1, -0.05) is 29.5 Å². The number of rotatable bonds is 6. The van der Waals surface area contributed by atoms with E-state index in [0.717, 1.165) is 22.7 Å². The molecule has 1 aromatic carbocycles. The number of thiophene rings is 1. The van der Waals surface area contributed by atoms with Gasteiger partial charge in [0.05, 0.1) is 17.0 Å². The van der Waals surface area contributed by atoms with E-state index < -0.39 is 17.8 Å². The normalized spacial score (nSPS) is 10.5. The van der Waals surface area contributed by atoms with E-state index in [4.69, 9.17) is 4.74 Å². The van der Waals surface area contributed by atoms with Gasteiger partial charge in [0.25, 0.3) is 11.8 Å². The number of amides is 2. The van der Waals surface area contributed by atoms with Crippen LogP contribution in [0, 0.1) is 13.8 Å². The molecule has 0 saturated carbocycles. The number of carbonyl (C=O) groups excluding carboxylic acids is 3. The molecule has 0 saturated heterocycles. The molecule has 0 radical (unpaired) electrons. The minimum absolute atomic E-state index is 0.119. The third-order valence-electron chi connectivity index (χ3n) is 4.12. The van der Waals surface area contributed by atoms with Crippen molar-refractivity contribution < 1.29 is 19.1 Å². The van der Waals surface area contributed by atoms with Crippen LogP contribution in [0.4, 0.5) is 10.7 Å². The average molecular weight is 446 g/mol. The Kier molecular flexibility index (Phi) is 6.48. The first-order valence-electron chi connectivity index (χ1n) is 8.99. The first-order chi connectivity index (χ1) is 14.3. The van der Waals surface area contributed by atoms with Crippen molar-refractivity contribution in [2.45, 2.75) is 20.8 Å². The number of hydrogen-bond acceptors (Lipinski definition) is 7. The highest BCUT2D eigenvalue weighted by Gasteiger charge is 2.27. The molecule has 8 nitrogen and oxygen atoms in total. The smallest absolute Gasteiger partial charge is 0.341 e. The van der Waals surface area contributed by atoms with Crippen LogP contribution < -0.4 is 15.5 Å². The molecule has 0 aliphatic carbocycles. The second-order valence-electron chi connectivity index (χ2n) is 6.22. The number of esters is 1. The zero-order valence-electron chi connectivity index (χ0n) is 16.5. The number of hydrogen-bond donors (Lipinski definition) is 3. The number of aromatic amines is 1. The Balaban J connectivity index is 1.96. The highest BCUT2D eigenvalue weighted by atomic mass is 32.1. The third kappa shape index (κ3) is 4.50. The summed E-state index contributed by atoms with van der Waals surface area (Å²) in [6, 6.07) is 8.89. The minimum atomic E-state index is -0.640. The first-order valence-corrected chi connectivity index (χ1v) is 10.6. The van der Waals surface area contributed by atoms with Crippen LogP contribution in [0.5, 0.6) is 0 Å². The number of thiazole rings is 1. The van der Waals surface area contributed by atoms with Crippen LogP contribution in [0.25, 0.3) is 0 Å². The van der Waals surface area contributed by atoms with E-state index in [1.807, 2.05) is 6.07 Å². The van der Waals surface area contributed by atoms with Gasteiger partial charge in [0.15, 0.2) is 0 Å². The minimum Gasteiger partial charge on any atom is -0.462 e. The molecule has 30 heavy (non-hydrogen) atoms. The summed E-state index contributed by atoms with van der Waals surface area (Å²) in [4.78, 5) is 52.1. The quantitative estimate of drug-likeness (QED) is 0.499. The first kappa shape index (κ1) is 21.5. The van der Waals surface area contributed by atoms with Crippen molar-refractivity contribution in [3.05, 3.63) is 66.6 Å². The van der Waals surface area contributed by atoms with Crippen LogP contribution >= 0.6 is 22.7 Å². The van der Waals surface area contributed by atoms with Crippen molar-refractivity contribution >= 4 is 51.1 Å². The van der Waals surface area contributed by atoms with E-state index in [1.165, 1.54) is 0 Å². The predicted octanol–water partition coefficient (Wildman–Crippen LogP) is 3.80. The van der Waals surface area contributed by atoms with Crippen molar-refractivity contribution in [2.75, 3.05) is 17.2 Å². The average Bonchev–Trinajstić information content (AvgIpc) is 3.21. The monoisotopic (exact) mass is 445 g/mol. The number of benzene rings is 1. The Morgan fingerprint density at radius 2 is 1.67 bits per heavy atom. The van der Waals surface area contributed by atoms with Gasteiger partial charge in [0.2, 0.25) is 0 Å². The van der Waals surface area contributed by atoms with Crippen molar-refractivity contribution in [1.29, 1.82) is 0 Å². The van der Waals surface area contributed by atoms with E-state index in [9.17, 15) is 19.2 Å². The van der Waals surface area contributed by atoms with E-state index in [2.05, 4.69) is 15.6 Å². The van der Waals surface area contributed by atoms with Gasteiger partial charge in [-0.2, -0.15) is 0 Å². The highest BCUT2D eigenvalue weighted by Crippen LogP contribution is 2.35. The molecule has 0 fully saturated rings. The third-order valence-corrected chi connectivity index (χ3v) is 6.31. The molecule has 0 aliphatic rings. The number of aryl methyl sites for hydroxylation is 1. The largest absolute Gasteiger partial charge is 0.462 e. The summed E-state index contributed by atoms with van der Waals surface area (Å²) in [5, 5.41) is 5.61. The fraction of sp³-hybridized carbons (Fsp3) is 0.200. The van der Waals surface area contributed by atoms with Crippen LogP contribution in [0.1, 0.15) is 47.9 Å². The van der Waals surface area contributed by atoms with Gasteiger partial charge in [0, 0.05) is 11.4 Å². The van der Waals surface area contributed by atoms with E-state index >= 15 is 0 Å². The standard InChI is InChI=1S/C20H19N3O5S2/c1-4-28-19(26)13-10(2)14(16(24)22-12-8-6-5-7-9-12)29-18(13)23-17(25)15-11(3)21-20(27)30-15/h5-9H,4H2,1-3H3,(H,21,27)(H,22,24)(H,23,25). The molecule has 156 valence electrons. The molecule has 0 bridgehead atoms. The van der Waals surface area contributed by atoms with Crippen molar-refractivity contribution in [3.8, 4) is 0 Å². The lowest BCUT2D eigenvalue weighted by molar-refractivity contribution is 0.0527. The number of ether oxygens (including phenoxy) is 1. The van der Waals surface area contributed by atoms with Crippen LogP contribution in [-0.4, -0.2) is 29.4 Å². The molecule has 2 aromatic heterocycles. The second kappa shape index (κ2) is 9.06. The topological polar surface area (TPSA) is 117 Å². The van der Waals surface area contributed by atoms with Gasteiger partial charge >= 0.3 is 10.8 Å². The number of para-hydroxylation sites is 1. The molecule has 3 N–H and O–H groups in total. The Morgan fingerprint density at radius 1 is 1.00 bits per heavy atom. The number of aromatic nitrogens is 1. The van der Waals surface area contributed by atoms with Gasteiger partial charge in [0.1, 0.15) is 9.88 Å². The number of carbonyl (C=O) groups is 3. The maximum Gasteiger partial charge on any atom is 0.341 e. The summed E-state index contributed by atoms with van der Waals surface area (Å²) < 4.78 is 5.11. The van der Waals surface area contributed by atoms with Crippen LogP contribution in [-0.2, 0) is 4.74 Å². The fourth-order valence-electron chi connectivity index (χ4n) is 2.76. The summed E-state index contributed by atoms with van der Waals surface area (Å²) in [5.74, 6) is -1.59. The highest BCUT2D eigenvalue weighted by molar-refractivity contribution is 7.19. The summed E-state index contributed by atoms with van der Waals surface area (Å²) in [6.07, 6.45) is 0. The summed E-state index contributed by atoms with van der Waals surface area (Å²) in [7, 11) is 0. The number of H-pyrrole nitrogens is 1. The number of anilines is 2. The van der Waals surface area contributed by atoms with Gasteiger partial charge < -0.3 is 20.4 Å². The van der Waals surface area contributed by atoms with Crippen molar-refractivity contribution in [3.63, 3.8) is 0 Å². The Hall–Kier alpha value is -3.24. The Labute approximate surface area is 179 Å². The van der Waals surface area contributed by atoms with Crippen molar-refractivity contribution in [2.24, 2.45) is 0 Å². The fourth-order valence-corrected chi connectivity index (χ4v) is 4.58. The zero-order valence-corrected chi connectivity index (χ0v) is 18.1. The van der Waals surface area contributed by atoms with E-state index in [1.54, 1.807) is 45.0 Å². The molecule has 0 aliphatic heterocycles. The molecule has 0 spiro atoms. The van der Waals surface area contributed by atoms with Crippen LogP contribution in [0.2, 0.25) is 0 Å². The van der Waals surface area contributed by atoms with Gasteiger partial charge in [-0.15, -0.1) is 11.3 Å². The predicted molar refractivity (Wildman–Crippen MR) is 117 cm³/mol. The van der Waals surface area contributed by atoms with Gasteiger partial charge in [-0.3, -0.25) is 14.4 Å². The van der Waals surface area contributed by atoms with Gasteiger partial charge in [-0.05, 0) is 38.5 Å². The van der Waals surface area contributed by atoms with Crippen LogP contribution in [0.3, 0.4) is 0 Å². The molecule has 10 heteroatoms. The summed E-state index contributed by atoms with van der Waals surface area (Å²) >= 11 is 1.75. The lowest BCUT2D eigenvalue weighted by Crippen LogP contribution is -2.15. The van der Waals surface area contributed by atoms with E-state index in [0.29, 0.717) is 16.9 Å². The molecule has 2 heterocycles. The van der Waals surface area contributed by atoms with Gasteiger partial charge in [-0.25, -0.2) is 4.79 Å². The van der Waals surface area contributed by atoms with Crippen molar-refractivity contribution in [1.82, 2.24) is 4.98 Å². The van der Waals surface area contributed by atoms with E-state index in [-0.39, 0.29) is 31.8 Å². The molecular formula is C20H19N3O5S2. The SMILES string of the molecule is CCOC(=O)c1c(NC(=O)c2sc(=O)[nH]c2C)sc(C(=O)Nc2ccccc2)c1C. The molecule has 2 amide bonds. The maximum atomic E-state index is 12.8. The summed E-state index contributed by atoms with van der Waals surface area (Å²) in [5.41, 5.74) is 1.55. The summed E-state index contributed by atoms with van der Waals surface area (Å²) in [6.45, 7) is 5.04. The molecular weight excluding hydrogens is 426 g/mol. The Morgan fingerprint density at radius 3 is 2.27 bits per heavy atom.